The van der Waals surface area contributed by atoms with Gasteiger partial charge in [0.1, 0.15) is 22.6 Å². The highest BCUT2D eigenvalue weighted by Gasteiger charge is 2.01. The highest BCUT2D eigenvalue weighted by Crippen LogP contribution is 2.13. The Kier molecular flexibility index (Phi) is 3.59. The van der Waals surface area contributed by atoms with E-state index in [1.807, 2.05) is 6.92 Å². The first-order valence-corrected chi connectivity index (χ1v) is 4.49. The second-order valence-corrected chi connectivity index (χ2v) is 2.96. The first-order valence-electron chi connectivity index (χ1n) is 4.11. The Morgan fingerprint density at radius 3 is 2.93 bits per heavy atom. The van der Waals surface area contributed by atoms with Crippen LogP contribution in [0.2, 0.25) is 5.15 Å². The predicted octanol–water partition coefficient (Wildman–Crippen LogP) is 2.28. The van der Waals surface area contributed by atoms with Crippen molar-refractivity contribution in [3.63, 3.8) is 0 Å². The molecule has 0 radical (unpaired) electrons. The normalized spacial score (nSPS) is 9.57. The summed E-state index contributed by atoms with van der Waals surface area (Å²) in [4.78, 5) is 11.8. The molecule has 0 fully saturated rings. The molecule has 1 heterocycles. The van der Waals surface area contributed by atoms with E-state index in [4.69, 9.17) is 11.6 Å². The van der Waals surface area contributed by atoms with E-state index in [1.165, 1.54) is 0 Å². The van der Waals surface area contributed by atoms with Gasteiger partial charge in [0, 0.05) is 12.5 Å². The van der Waals surface area contributed by atoms with Gasteiger partial charge in [-0.25, -0.2) is 15.0 Å². The standard InChI is InChI=1S/C9H11ClN4/c1-4-8-13-7(10)5-9(14-8)12-6(2)11-3/h5H,2-4H2,1H3,(H,12,13,14). The summed E-state index contributed by atoms with van der Waals surface area (Å²) in [5.74, 6) is 1.69. The number of hydrogen-bond acceptors (Lipinski definition) is 4. The Hall–Kier alpha value is -1.42. The van der Waals surface area contributed by atoms with E-state index in [0.29, 0.717) is 22.6 Å². The quantitative estimate of drug-likeness (QED) is 0.613. The van der Waals surface area contributed by atoms with Gasteiger partial charge in [-0.1, -0.05) is 25.1 Å². The van der Waals surface area contributed by atoms with Crippen LogP contribution >= 0.6 is 11.6 Å². The van der Waals surface area contributed by atoms with Crippen molar-refractivity contribution in [1.82, 2.24) is 9.97 Å². The SMILES string of the molecule is C=NC(=C)Nc1cc(Cl)nc(CC)n1. The average Bonchev–Trinajstić information content (AvgIpc) is 2.16. The lowest BCUT2D eigenvalue weighted by molar-refractivity contribution is 0.941. The number of anilines is 1. The van der Waals surface area contributed by atoms with Gasteiger partial charge in [-0.2, -0.15) is 0 Å². The zero-order chi connectivity index (χ0) is 10.6. The van der Waals surface area contributed by atoms with Gasteiger partial charge in [-0.05, 0) is 6.72 Å². The van der Waals surface area contributed by atoms with Gasteiger partial charge in [0.05, 0.1) is 0 Å². The summed E-state index contributed by atoms with van der Waals surface area (Å²) in [6.45, 7) is 8.90. The molecule has 0 spiro atoms. The summed E-state index contributed by atoms with van der Waals surface area (Å²) in [7, 11) is 0. The monoisotopic (exact) mass is 210 g/mol. The van der Waals surface area contributed by atoms with Crippen LogP contribution in [0.4, 0.5) is 5.82 Å². The van der Waals surface area contributed by atoms with Crippen LogP contribution in [0.1, 0.15) is 12.7 Å². The first-order chi connectivity index (χ1) is 6.65. The maximum absolute atomic E-state index is 5.79. The second-order valence-electron chi connectivity index (χ2n) is 2.58. The van der Waals surface area contributed by atoms with E-state index >= 15 is 0 Å². The van der Waals surface area contributed by atoms with Gasteiger partial charge < -0.3 is 5.32 Å². The zero-order valence-electron chi connectivity index (χ0n) is 7.92. The van der Waals surface area contributed by atoms with Crippen molar-refractivity contribution in [3.8, 4) is 0 Å². The molecule has 0 aliphatic rings. The lowest BCUT2D eigenvalue weighted by atomic mass is 10.4. The Bertz CT molecular complexity index is 362. The van der Waals surface area contributed by atoms with Crippen molar-refractivity contribution < 1.29 is 0 Å². The van der Waals surface area contributed by atoms with E-state index in [1.54, 1.807) is 6.07 Å². The van der Waals surface area contributed by atoms with Gasteiger partial charge in [0.25, 0.3) is 0 Å². The summed E-state index contributed by atoms with van der Waals surface area (Å²) in [5, 5.41) is 3.25. The molecule has 1 rings (SSSR count). The number of aromatic nitrogens is 2. The van der Waals surface area contributed by atoms with Crippen LogP contribution in [0.5, 0.6) is 0 Å². The van der Waals surface area contributed by atoms with Gasteiger partial charge in [0.2, 0.25) is 0 Å². The highest BCUT2D eigenvalue weighted by atomic mass is 35.5. The van der Waals surface area contributed by atoms with E-state index in [9.17, 15) is 0 Å². The van der Waals surface area contributed by atoms with Crippen LogP contribution in [-0.2, 0) is 6.42 Å². The minimum absolute atomic E-state index is 0.399. The molecule has 0 saturated carbocycles. The number of aliphatic imine (C=N–C) groups is 1. The molecule has 1 N–H and O–H groups in total. The summed E-state index contributed by atoms with van der Waals surface area (Å²) >= 11 is 5.79. The first kappa shape index (κ1) is 10.7. The molecule has 74 valence electrons. The number of nitrogens with one attached hydrogen (secondary N) is 1. The Morgan fingerprint density at radius 2 is 2.36 bits per heavy atom. The van der Waals surface area contributed by atoms with Crippen molar-refractivity contribution in [1.29, 1.82) is 0 Å². The van der Waals surface area contributed by atoms with Crippen LogP contribution in [0, 0.1) is 0 Å². The van der Waals surface area contributed by atoms with Crippen LogP contribution < -0.4 is 5.32 Å². The number of hydrogen-bond donors (Lipinski definition) is 1. The molecule has 0 bridgehead atoms. The molecule has 0 aliphatic heterocycles. The molecule has 1 aromatic rings. The topological polar surface area (TPSA) is 50.2 Å². The number of aryl methyl sites for hydroxylation is 1. The summed E-state index contributed by atoms with van der Waals surface area (Å²) in [5.41, 5.74) is 0. The predicted molar refractivity (Wildman–Crippen MR) is 58.7 cm³/mol. The molecule has 4 nitrogen and oxygen atoms in total. The van der Waals surface area contributed by atoms with Gasteiger partial charge in [-0.3, -0.25) is 0 Å². The summed E-state index contributed by atoms with van der Waals surface area (Å²) in [6.07, 6.45) is 0.725. The van der Waals surface area contributed by atoms with E-state index in [0.717, 1.165) is 6.42 Å². The van der Waals surface area contributed by atoms with Crippen LogP contribution in [0.3, 0.4) is 0 Å². The molecule has 0 atom stereocenters. The lowest BCUT2D eigenvalue weighted by Gasteiger charge is -2.05. The van der Waals surface area contributed by atoms with Gasteiger partial charge in [0.15, 0.2) is 0 Å². The summed E-state index contributed by atoms with van der Waals surface area (Å²) < 4.78 is 0. The third-order valence-electron chi connectivity index (χ3n) is 1.52. The van der Waals surface area contributed by atoms with E-state index in [-0.39, 0.29) is 0 Å². The van der Waals surface area contributed by atoms with E-state index in [2.05, 4.69) is 33.6 Å². The van der Waals surface area contributed by atoms with Crippen LogP contribution in [0.15, 0.2) is 23.5 Å². The molecular weight excluding hydrogens is 200 g/mol. The maximum Gasteiger partial charge on any atom is 0.136 e. The fourth-order valence-corrected chi connectivity index (χ4v) is 1.08. The van der Waals surface area contributed by atoms with Gasteiger partial charge in [-0.15, -0.1) is 0 Å². The van der Waals surface area contributed by atoms with Crippen molar-refractivity contribution >= 4 is 24.1 Å². The molecule has 5 heteroatoms. The number of nitrogens with zero attached hydrogens (tertiary/aromatic N) is 3. The minimum atomic E-state index is 0.399. The molecule has 0 saturated heterocycles. The maximum atomic E-state index is 5.79. The molecule has 0 amide bonds. The van der Waals surface area contributed by atoms with Crippen molar-refractivity contribution in [2.75, 3.05) is 5.32 Å². The molecule has 1 aromatic heterocycles. The van der Waals surface area contributed by atoms with E-state index < -0.39 is 0 Å². The zero-order valence-corrected chi connectivity index (χ0v) is 8.67. The van der Waals surface area contributed by atoms with Crippen LogP contribution in [0.25, 0.3) is 0 Å². The van der Waals surface area contributed by atoms with Crippen LogP contribution in [-0.4, -0.2) is 16.7 Å². The summed E-state index contributed by atoms with van der Waals surface area (Å²) in [6, 6.07) is 1.61. The fourth-order valence-electron chi connectivity index (χ4n) is 0.874. The third-order valence-corrected chi connectivity index (χ3v) is 1.71. The minimum Gasteiger partial charge on any atom is -0.325 e. The molecule has 0 aliphatic carbocycles. The fraction of sp³-hybridized carbons (Fsp3) is 0.222. The van der Waals surface area contributed by atoms with Crippen molar-refractivity contribution in [3.05, 3.63) is 29.4 Å². The van der Waals surface area contributed by atoms with Crippen molar-refractivity contribution in [2.45, 2.75) is 13.3 Å². The highest BCUT2D eigenvalue weighted by molar-refractivity contribution is 6.29. The van der Waals surface area contributed by atoms with Gasteiger partial charge >= 0.3 is 0 Å². The largest absolute Gasteiger partial charge is 0.325 e. The lowest BCUT2D eigenvalue weighted by Crippen LogP contribution is -2.01. The molecule has 0 unspecified atom stereocenters. The molecule has 0 aromatic carbocycles. The second kappa shape index (κ2) is 4.72. The number of rotatable bonds is 4. The van der Waals surface area contributed by atoms with Crippen molar-refractivity contribution in [2.24, 2.45) is 4.99 Å². The average molecular weight is 211 g/mol. The molecular formula is C9H11ClN4. The third kappa shape index (κ3) is 2.81. The smallest absolute Gasteiger partial charge is 0.136 e. The Morgan fingerprint density at radius 1 is 1.64 bits per heavy atom. The molecule has 14 heavy (non-hydrogen) atoms. The number of halogens is 1. The Labute approximate surface area is 87.8 Å². The Balaban J connectivity index is 2.91.